The van der Waals surface area contributed by atoms with Gasteiger partial charge in [-0.3, -0.25) is 4.79 Å². The molecule has 1 aliphatic rings. The molecule has 0 aliphatic carbocycles. The number of methoxy groups -OCH3 is 1. The number of carbonyl (C=O) groups excluding carboxylic acids is 2. The van der Waals surface area contributed by atoms with E-state index in [0.29, 0.717) is 12.0 Å². The molecule has 0 spiro atoms. The van der Waals surface area contributed by atoms with Crippen LogP contribution in [0.15, 0.2) is 30.6 Å². The van der Waals surface area contributed by atoms with Crippen LogP contribution < -0.4 is 0 Å². The Morgan fingerprint density at radius 1 is 1.36 bits per heavy atom. The molecule has 1 aliphatic heterocycles. The molecule has 0 saturated heterocycles. The Hall–Kier alpha value is -2.70. The van der Waals surface area contributed by atoms with E-state index < -0.39 is 17.8 Å². The van der Waals surface area contributed by atoms with Crippen molar-refractivity contribution in [1.82, 2.24) is 14.9 Å². The largest absolute Gasteiger partial charge is 0.467 e. The number of carbonyl (C=O) groups is 2. The Morgan fingerprint density at radius 3 is 2.77 bits per heavy atom. The summed E-state index contributed by atoms with van der Waals surface area (Å²) >= 11 is 0. The first-order chi connectivity index (χ1) is 10.6. The molecule has 0 radical (unpaired) electrons. The van der Waals surface area contributed by atoms with Gasteiger partial charge in [0.25, 0.3) is 5.91 Å². The fourth-order valence-corrected chi connectivity index (χ4v) is 2.55. The van der Waals surface area contributed by atoms with Gasteiger partial charge >= 0.3 is 5.97 Å². The first-order valence-electron chi connectivity index (χ1n) is 6.75. The van der Waals surface area contributed by atoms with Gasteiger partial charge in [-0.15, -0.1) is 0 Å². The molecule has 1 atom stereocenters. The van der Waals surface area contributed by atoms with Crippen molar-refractivity contribution in [1.29, 1.82) is 0 Å². The third kappa shape index (κ3) is 2.45. The number of hydrogen-bond donors (Lipinski definition) is 1. The number of nitrogens with zero attached hydrogens (tertiary/aromatic N) is 2. The summed E-state index contributed by atoms with van der Waals surface area (Å²) in [6.45, 7) is 0.227. The van der Waals surface area contributed by atoms with Crippen molar-refractivity contribution < 1.29 is 18.7 Å². The smallest absolute Gasteiger partial charge is 0.329 e. The molecular weight excluding hydrogens is 289 g/mol. The van der Waals surface area contributed by atoms with Gasteiger partial charge in [0.05, 0.1) is 31.4 Å². The molecular formula is C15H14FN3O3. The number of ether oxygens (including phenoxy) is 1. The van der Waals surface area contributed by atoms with Gasteiger partial charge in [-0.25, -0.2) is 14.2 Å². The number of aromatic amines is 1. The third-order valence-electron chi connectivity index (χ3n) is 3.72. The molecule has 3 rings (SSSR count). The maximum absolute atomic E-state index is 13.0. The van der Waals surface area contributed by atoms with Crippen molar-refractivity contribution in [3.63, 3.8) is 0 Å². The van der Waals surface area contributed by atoms with Crippen LogP contribution in [0, 0.1) is 5.82 Å². The van der Waals surface area contributed by atoms with Crippen LogP contribution in [0.3, 0.4) is 0 Å². The van der Waals surface area contributed by atoms with Crippen molar-refractivity contribution in [3.05, 3.63) is 53.4 Å². The second-order valence-corrected chi connectivity index (χ2v) is 5.01. The van der Waals surface area contributed by atoms with E-state index in [1.54, 1.807) is 0 Å². The molecule has 7 heteroatoms. The van der Waals surface area contributed by atoms with Gasteiger partial charge in [-0.05, 0) is 24.3 Å². The lowest BCUT2D eigenvalue weighted by molar-refractivity contribution is -0.146. The Morgan fingerprint density at radius 2 is 2.09 bits per heavy atom. The number of imidazole rings is 1. The number of aromatic nitrogens is 2. The molecule has 1 N–H and O–H groups in total. The number of nitrogens with one attached hydrogen (secondary N) is 1. The van der Waals surface area contributed by atoms with Gasteiger partial charge in [0.1, 0.15) is 11.9 Å². The summed E-state index contributed by atoms with van der Waals surface area (Å²) in [5.41, 5.74) is 1.85. The van der Waals surface area contributed by atoms with Crippen molar-refractivity contribution >= 4 is 11.9 Å². The normalized spacial score (nSPS) is 17.0. The number of H-pyrrole nitrogens is 1. The van der Waals surface area contributed by atoms with Crippen molar-refractivity contribution in [3.8, 4) is 0 Å². The lowest BCUT2D eigenvalue weighted by Gasteiger charge is -2.33. The number of benzene rings is 1. The van der Waals surface area contributed by atoms with Crippen LogP contribution in [0.4, 0.5) is 4.39 Å². The molecule has 2 aromatic rings. The summed E-state index contributed by atoms with van der Waals surface area (Å²) in [5, 5.41) is 0. The van der Waals surface area contributed by atoms with Gasteiger partial charge in [-0.2, -0.15) is 0 Å². The SMILES string of the molecule is COC(=O)C1Cc2nc[nH]c2CN1C(=O)c1ccc(F)cc1. The van der Waals surface area contributed by atoms with Crippen molar-refractivity contribution in [2.45, 2.75) is 19.0 Å². The predicted octanol–water partition coefficient (Wildman–Crippen LogP) is 1.29. The van der Waals surface area contributed by atoms with Crippen molar-refractivity contribution in [2.75, 3.05) is 7.11 Å². The predicted molar refractivity (Wildman–Crippen MR) is 74.4 cm³/mol. The Kier molecular flexibility index (Phi) is 3.62. The van der Waals surface area contributed by atoms with Crippen LogP contribution in [-0.4, -0.2) is 39.9 Å². The van der Waals surface area contributed by atoms with Gasteiger partial charge in [0, 0.05) is 12.0 Å². The summed E-state index contributed by atoms with van der Waals surface area (Å²) in [4.78, 5) is 33.2. The Bertz CT molecular complexity index is 711. The summed E-state index contributed by atoms with van der Waals surface area (Å²) in [6.07, 6.45) is 1.82. The van der Waals surface area contributed by atoms with E-state index in [1.807, 2.05) is 0 Å². The average molecular weight is 303 g/mol. The zero-order valence-electron chi connectivity index (χ0n) is 11.9. The van der Waals surface area contributed by atoms with Crippen LogP contribution in [0.25, 0.3) is 0 Å². The molecule has 0 fully saturated rings. The van der Waals surface area contributed by atoms with E-state index in [0.717, 1.165) is 11.4 Å². The van der Waals surface area contributed by atoms with Crippen LogP contribution in [0.5, 0.6) is 0 Å². The number of rotatable bonds is 2. The highest BCUT2D eigenvalue weighted by Gasteiger charge is 2.37. The minimum Gasteiger partial charge on any atom is -0.467 e. The summed E-state index contributed by atoms with van der Waals surface area (Å²) < 4.78 is 17.8. The fourth-order valence-electron chi connectivity index (χ4n) is 2.55. The quantitative estimate of drug-likeness (QED) is 0.848. The monoisotopic (exact) mass is 303 g/mol. The molecule has 114 valence electrons. The van der Waals surface area contributed by atoms with Crippen LogP contribution in [0.2, 0.25) is 0 Å². The summed E-state index contributed by atoms with van der Waals surface area (Å²) in [7, 11) is 1.28. The minimum atomic E-state index is -0.738. The zero-order chi connectivity index (χ0) is 15.7. The number of halogens is 1. The average Bonchev–Trinajstić information content (AvgIpc) is 3.00. The molecule has 6 nitrogen and oxygen atoms in total. The fraction of sp³-hybridized carbons (Fsp3) is 0.267. The second kappa shape index (κ2) is 5.59. The molecule has 1 amide bonds. The molecule has 0 saturated carbocycles. The first kappa shape index (κ1) is 14.2. The maximum atomic E-state index is 13.0. The molecule has 1 unspecified atom stereocenters. The third-order valence-corrected chi connectivity index (χ3v) is 3.72. The van der Waals surface area contributed by atoms with Gasteiger partial charge in [0.15, 0.2) is 0 Å². The van der Waals surface area contributed by atoms with E-state index in [4.69, 9.17) is 4.74 Å². The van der Waals surface area contributed by atoms with Crippen molar-refractivity contribution in [2.24, 2.45) is 0 Å². The highest BCUT2D eigenvalue weighted by molar-refractivity contribution is 5.97. The Labute approximate surface area is 125 Å². The Balaban J connectivity index is 1.93. The number of fused-ring (bicyclic) bond motifs is 1. The maximum Gasteiger partial charge on any atom is 0.329 e. The summed E-state index contributed by atoms with van der Waals surface area (Å²) in [6, 6.07) is 4.49. The molecule has 1 aromatic heterocycles. The number of hydrogen-bond acceptors (Lipinski definition) is 4. The molecule has 0 bridgehead atoms. The molecule has 22 heavy (non-hydrogen) atoms. The number of esters is 1. The zero-order valence-corrected chi connectivity index (χ0v) is 11.9. The molecule has 2 heterocycles. The van der Waals surface area contributed by atoms with E-state index in [2.05, 4.69) is 9.97 Å². The lowest BCUT2D eigenvalue weighted by Crippen LogP contribution is -2.49. The minimum absolute atomic E-state index is 0.227. The lowest BCUT2D eigenvalue weighted by atomic mass is 10.0. The van der Waals surface area contributed by atoms with Crippen LogP contribution >= 0.6 is 0 Å². The summed E-state index contributed by atoms with van der Waals surface area (Å²) in [5.74, 6) is -1.27. The van der Waals surface area contributed by atoms with Crippen LogP contribution in [0.1, 0.15) is 21.7 Å². The molecule has 1 aromatic carbocycles. The van der Waals surface area contributed by atoms with Crippen LogP contribution in [-0.2, 0) is 22.5 Å². The van der Waals surface area contributed by atoms with E-state index in [1.165, 1.54) is 42.6 Å². The highest BCUT2D eigenvalue weighted by Crippen LogP contribution is 2.23. The number of amides is 1. The van der Waals surface area contributed by atoms with E-state index in [9.17, 15) is 14.0 Å². The topological polar surface area (TPSA) is 75.3 Å². The standard InChI is InChI=1S/C15H14FN3O3/c1-22-15(21)13-6-11-12(18-8-17-11)7-19(13)14(20)9-2-4-10(16)5-3-9/h2-5,8,13H,6-7H2,1H3,(H,17,18). The van der Waals surface area contributed by atoms with Gasteiger partial charge in [-0.1, -0.05) is 0 Å². The van der Waals surface area contributed by atoms with Gasteiger partial charge in [0.2, 0.25) is 0 Å². The van der Waals surface area contributed by atoms with E-state index in [-0.39, 0.29) is 12.5 Å². The highest BCUT2D eigenvalue weighted by atomic mass is 19.1. The second-order valence-electron chi connectivity index (χ2n) is 5.01. The van der Waals surface area contributed by atoms with Gasteiger partial charge < -0.3 is 14.6 Å². The van der Waals surface area contributed by atoms with E-state index >= 15 is 0 Å². The first-order valence-corrected chi connectivity index (χ1v) is 6.75.